The molecule has 3 atom stereocenters. The van der Waals surface area contributed by atoms with Crippen LogP contribution in [0, 0.1) is 0 Å². The van der Waals surface area contributed by atoms with E-state index in [2.05, 4.69) is 21.7 Å². The number of hydrogen-bond acceptors (Lipinski definition) is 5. The summed E-state index contributed by atoms with van der Waals surface area (Å²) in [5.74, 6) is 0.887. The van der Waals surface area contributed by atoms with Crippen molar-refractivity contribution >= 4 is 0 Å². The van der Waals surface area contributed by atoms with E-state index < -0.39 is 0 Å². The molecule has 1 aromatic heterocycles. The van der Waals surface area contributed by atoms with Crippen molar-refractivity contribution in [1.82, 2.24) is 15.6 Å². The quantitative estimate of drug-likeness (QED) is 0.678. The lowest BCUT2D eigenvalue weighted by atomic mass is 9.90. The van der Waals surface area contributed by atoms with E-state index in [0.29, 0.717) is 18.1 Å². The Labute approximate surface area is 132 Å². The van der Waals surface area contributed by atoms with E-state index in [1.54, 1.807) is 6.20 Å². The molecule has 0 aromatic carbocycles. The van der Waals surface area contributed by atoms with Crippen LogP contribution in [0.2, 0.25) is 0 Å². The summed E-state index contributed by atoms with van der Waals surface area (Å²) < 4.78 is 11.2. The van der Waals surface area contributed by atoms with Gasteiger partial charge in [0.2, 0.25) is 0 Å². The minimum atomic E-state index is 0.517. The van der Waals surface area contributed by atoms with Gasteiger partial charge in [-0.25, -0.2) is 0 Å². The fourth-order valence-corrected chi connectivity index (χ4v) is 2.99. The van der Waals surface area contributed by atoms with Gasteiger partial charge >= 0.3 is 0 Å². The first-order valence-electron chi connectivity index (χ1n) is 8.47. The summed E-state index contributed by atoms with van der Waals surface area (Å²) >= 11 is 0. The Morgan fingerprint density at radius 2 is 2.14 bits per heavy atom. The molecule has 2 fully saturated rings. The molecule has 5 heteroatoms. The number of ether oxygens (including phenoxy) is 2. The van der Waals surface area contributed by atoms with Gasteiger partial charge in [0, 0.05) is 37.5 Å². The lowest BCUT2D eigenvalue weighted by molar-refractivity contribution is 0.117. The van der Waals surface area contributed by atoms with Gasteiger partial charge in [-0.3, -0.25) is 4.98 Å². The van der Waals surface area contributed by atoms with Crippen molar-refractivity contribution in [3.63, 3.8) is 0 Å². The Morgan fingerprint density at radius 1 is 1.27 bits per heavy atom. The summed E-state index contributed by atoms with van der Waals surface area (Å²) in [6, 6.07) is 3.83. The minimum Gasteiger partial charge on any atom is -0.490 e. The fourth-order valence-electron chi connectivity index (χ4n) is 2.99. The summed E-state index contributed by atoms with van der Waals surface area (Å²) in [5.41, 5.74) is 1.25. The molecule has 2 N–H and O–H groups in total. The van der Waals surface area contributed by atoms with Crippen LogP contribution < -0.4 is 15.4 Å². The fraction of sp³-hybridized carbons (Fsp3) is 0.706. The second-order valence-electron chi connectivity index (χ2n) is 6.27. The summed E-state index contributed by atoms with van der Waals surface area (Å²) in [4.78, 5) is 4.30. The molecule has 22 heavy (non-hydrogen) atoms. The molecule has 3 rings (SSSR count). The zero-order chi connectivity index (χ0) is 15.2. The van der Waals surface area contributed by atoms with Crippen molar-refractivity contribution in [2.45, 2.75) is 50.7 Å². The monoisotopic (exact) mass is 305 g/mol. The smallest absolute Gasteiger partial charge is 0.137 e. The lowest BCUT2D eigenvalue weighted by Crippen LogP contribution is -2.53. The number of rotatable bonds is 9. The van der Waals surface area contributed by atoms with Gasteiger partial charge in [-0.1, -0.05) is 0 Å². The molecular weight excluding hydrogens is 278 g/mol. The molecule has 2 aliphatic heterocycles. The van der Waals surface area contributed by atoms with Crippen LogP contribution in [-0.2, 0) is 11.2 Å². The van der Waals surface area contributed by atoms with Crippen LogP contribution in [-0.4, -0.2) is 49.5 Å². The Kier molecular flexibility index (Phi) is 5.64. The van der Waals surface area contributed by atoms with E-state index in [0.717, 1.165) is 45.0 Å². The SMILES string of the molecule is CCOCC[C@H]1C[C@H](Cc2cncc(OC[C@@H]3CCN3)c2)N1. The van der Waals surface area contributed by atoms with Gasteiger partial charge in [0.1, 0.15) is 12.4 Å². The van der Waals surface area contributed by atoms with Gasteiger partial charge in [0.05, 0.1) is 6.20 Å². The minimum absolute atomic E-state index is 0.517. The topological polar surface area (TPSA) is 55.4 Å². The third-order valence-corrected chi connectivity index (χ3v) is 4.48. The van der Waals surface area contributed by atoms with E-state index in [9.17, 15) is 0 Å². The average Bonchev–Trinajstić information content (AvgIpc) is 2.43. The zero-order valence-corrected chi connectivity index (χ0v) is 13.4. The highest BCUT2D eigenvalue weighted by molar-refractivity contribution is 5.25. The number of aromatic nitrogens is 1. The lowest BCUT2D eigenvalue weighted by Gasteiger charge is -2.37. The molecule has 0 spiro atoms. The number of pyridine rings is 1. The summed E-state index contributed by atoms with van der Waals surface area (Å²) in [6.45, 7) is 5.57. The van der Waals surface area contributed by atoms with E-state index in [1.165, 1.54) is 18.4 Å². The normalized spacial score (nSPS) is 27.0. The van der Waals surface area contributed by atoms with Gasteiger partial charge in [0.15, 0.2) is 0 Å². The first-order chi connectivity index (χ1) is 10.8. The van der Waals surface area contributed by atoms with E-state index in [1.807, 2.05) is 13.1 Å². The number of hydrogen-bond donors (Lipinski definition) is 2. The highest BCUT2D eigenvalue weighted by Crippen LogP contribution is 2.21. The van der Waals surface area contributed by atoms with E-state index in [4.69, 9.17) is 9.47 Å². The number of nitrogens with zero attached hydrogens (tertiary/aromatic N) is 1. The second kappa shape index (κ2) is 7.90. The van der Waals surface area contributed by atoms with Crippen molar-refractivity contribution in [1.29, 1.82) is 0 Å². The van der Waals surface area contributed by atoms with Crippen molar-refractivity contribution in [2.24, 2.45) is 0 Å². The Morgan fingerprint density at radius 3 is 2.86 bits per heavy atom. The van der Waals surface area contributed by atoms with Gasteiger partial charge in [-0.05, 0) is 50.8 Å². The van der Waals surface area contributed by atoms with Crippen LogP contribution in [0.5, 0.6) is 5.75 Å². The molecule has 0 unspecified atom stereocenters. The zero-order valence-electron chi connectivity index (χ0n) is 13.4. The van der Waals surface area contributed by atoms with Crippen LogP contribution in [0.4, 0.5) is 0 Å². The van der Waals surface area contributed by atoms with Crippen LogP contribution in [0.15, 0.2) is 18.5 Å². The molecule has 122 valence electrons. The van der Waals surface area contributed by atoms with E-state index >= 15 is 0 Å². The van der Waals surface area contributed by atoms with Crippen molar-refractivity contribution < 1.29 is 9.47 Å². The van der Waals surface area contributed by atoms with Crippen LogP contribution in [0.25, 0.3) is 0 Å². The molecule has 0 aliphatic carbocycles. The standard InChI is InChI=1S/C17H27N3O2/c1-2-21-6-4-14-9-16(20-14)7-13-8-17(11-18-10-13)22-12-15-3-5-19-15/h8,10-11,14-16,19-20H,2-7,9,12H2,1H3/t14-,15-,16-/m0/s1. The third kappa shape index (κ3) is 4.41. The molecule has 0 radical (unpaired) electrons. The van der Waals surface area contributed by atoms with Crippen molar-refractivity contribution in [3.8, 4) is 5.75 Å². The highest BCUT2D eigenvalue weighted by Gasteiger charge is 2.27. The van der Waals surface area contributed by atoms with Gasteiger partial charge in [-0.15, -0.1) is 0 Å². The van der Waals surface area contributed by atoms with E-state index in [-0.39, 0.29) is 0 Å². The van der Waals surface area contributed by atoms with Crippen LogP contribution in [0.3, 0.4) is 0 Å². The molecule has 3 heterocycles. The second-order valence-corrected chi connectivity index (χ2v) is 6.27. The Bertz CT molecular complexity index is 459. The molecule has 5 nitrogen and oxygen atoms in total. The molecule has 0 saturated carbocycles. The average molecular weight is 305 g/mol. The summed E-state index contributed by atoms with van der Waals surface area (Å²) in [6.07, 6.45) is 8.33. The highest BCUT2D eigenvalue weighted by atomic mass is 16.5. The Hall–Kier alpha value is -1.17. The molecule has 0 amide bonds. The van der Waals surface area contributed by atoms with Crippen molar-refractivity contribution in [3.05, 3.63) is 24.0 Å². The maximum Gasteiger partial charge on any atom is 0.137 e. The maximum atomic E-state index is 5.81. The van der Waals surface area contributed by atoms with Gasteiger partial charge in [-0.2, -0.15) is 0 Å². The van der Waals surface area contributed by atoms with Crippen molar-refractivity contribution in [2.75, 3.05) is 26.4 Å². The van der Waals surface area contributed by atoms with Crippen LogP contribution in [0.1, 0.15) is 31.7 Å². The van der Waals surface area contributed by atoms with Crippen LogP contribution >= 0.6 is 0 Å². The third-order valence-electron chi connectivity index (χ3n) is 4.48. The summed E-state index contributed by atoms with van der Waals surface area (Å²) in [7, 11) is 0. The molecule has 2 aliphatic rings. The first-order valence-corrected chi connectivity index (χ1v) is 8.47. The predicted molar refractivity (Wildman–Crippen MR) is 86.3 cm³/mol. The van der Waals surface area contributed by atoms with Gasteiger partial charge < -0.3 is 20.1 Å². The molecule has 2 saturated heterocycles. The Balaban J connectivity index is 1.37. The maximum absolute atomic E-state index is 5.81. The number of nitrogens with one attached hydrogen (secondary N) is 2. The first kappa shape index (κ1) is 15.7. The van der Waals surface area contributed by atoms with Gasteiger partial charge in [0.25, 0.3) is 0 Å². The molecule has 0 bridgehead atoms. The summed E-state index contributed by atoms with van der Waals surface area (Å²) in [5, 5.41) is 6.96. The molecular formula is C17H27N3O2. The largest absolute Gasteiger partial charge is 0.490 e. The predicted octanol–water partition coefficient (Wildman–Crippen LogP) is 1.52. The molecule has 1 aromatic rings.